The number of hydrogen-bond donors (Lipinski definition) is 2. The Morgan fingerprint density at radius 2 is 2.12 bits per heavy atom. The van der Waals surface area contributed by atoms with Crippen LogP contribution in [0.1, 0.15) is 17.5 Å². The molecule has 2 N–H and O–H groups in total. The SMILES string of the molecule is CNC(CCO)CS(=O)Cc1ccccc1C. The molecule has 2 unspecified atom stereocenters. The van der Waals surface area contributed by atoms with Gasteiger partial charge in [0.2, 0.25) is 0 Å². The maximum Gasteiger partial charge on any atom is 0.0488 e. The fourth-order valence-electron chi connectivity index (χ4n) is 1.70. The lowest BCUT2D eigenvalue weighted by molar-refractivity contribution is 0.272. The van der Waals surface area contributed by atoms with Crippen molar-refractivity contribution in [2.24, 2.45) is 0 Å². The molecule has 1 aromatic carbocycles. The molecule has 0 aliphatic carbocycles. The second kappa shape index (κ2) is 7.58. The van der Waals surface area contributed by atoms with E-state index in [1.165, 1.54) is 5.56 Å². The summed E-state index contributed by atoms with van der Waals surface area (Å²) in [7, 11) is 0.952. The summed E-state index contributed by atoms with van der Waals surface area (Å²) in [5.41, 5.74) is 2.33. The van der Waals surface area contributed by atoms with Crippen LogP contribution >= 0.6 is 0 Å². The van der Waals surface area contributed by atoms with Gasteiger partial charge in [0.1, 0.15) is 0 Å². The van der Waals surface area contributed by atoms with E-state index in [2.05, 4.69) is 5.32 Å². The monoisotopic (exact) mass is 255 g/mol. The summed E-state index contributed by atoms with van der Waals surface area (Å²) < 4.78 is 12.0. The molecule has 0 aliphatic heterocycles. The first kappa shape index (κ1) is 14.4. The summed E-state index contributed by atoms with van der Waals surface area (Å²) in [6.45, 7) is 2.17. The van der Waals surface area contributed by atoms with Gasteiger partial charge in [-0.3, -0.25) is 4.21 Å². The molecule has 1 aromatic rings. The van der Waals surface area contributed by atoms with Crippen molar-refractivity contribution < 1.29 is 9.32 Å². The van der Waals surface area contributed by atoms with Crippen LogP contribution in [0.4, 0.5) is 0 Å². The number of aryl methyl sites for hydroxylation is 1. The highest BCUT2D eigenvalue weighted by atomic mass is 32.2. The summed E-state index contributed by atoms with van der Waals surface area (Å²) in [6, 6.07) is 8.15. The molecule has 0 heterocycles. The molecule has 0 saturated heterocycles. The van der Waals surface area contributed by atoms with Gasteiger partial charge < -0.3 is 10.4 Å². The molecular weight excluding hydrogens is 234 g/mol. The maximum atomic E-state index is 12.0. The summed E-state index contributed by atoms with van der Waals surface area (Å²) in [5, 5.41) is 12.0. The average molecular weight is 255 g/mol. The third kappa shape index (κ3) is 4.98. The summed E-state index contributed by atoms with van der Waals surface area (Å²) in [6.07, 6.45) is 0.649. The first-order valence-electron chi connectivity index (χ1n) is 5.85. The van der Waals surface area contributed by atoms with E-state index in [0.29, 0.717) is 17.9 Å². The summed E-state index contributed by atoms with van der Waals surface area (Å²) in [5.74, 6) is 1.18. The number of nitrogens with one attached hydrogen (secondary N) is 1. The van der Waals surface area contributed by atoms with Gasteiger partial charge in [0.25, 0.3) is 0 Å². The van der Waals surface area contributed by atoms with Crippen LogP contribution < -0.4 is 5.32 Å². The van der Waals surface area contributed by atoms with Gasteiger partial charge in [-0.1, -0.05) is 24.3 Å². The lowest BCUT2D eigenvalue weighted by atomic mass is 10.1. The fraction of sp³-hybridized carbons (Fsp3) is 0.538. The van der Waals surface area contributed by atoms with Gasteiger partial charge >= 0.3 is 0 Å². The Morgan fingerprint density at radius 3 is 2.71 bits per heavy atom. The fourth-order valence-corrected chi connectivity index (χ4v) is 3.27. The molecule has 4 heteroatoms. The van der Waals surface area contributed by atoms with E-state index < -0.39 is 10.8 Å². The topological polar surface area (TPSA) is 49.3 Å². The van der Waals surface area contributed by atoms with E-state index in [1.54, 1.807) is 0 Å². The van der Waals surface area contributed by atoms with Crippen molar-refractivity contribution in [3.05, 3.63) is 35.4 Å². The first-order valence-corrected chi connectivity index (χ1v) is 7.33. The predicted molar refractivity (Wildman–Crippen MR) is 72.4 cm³/mol. The van der Waals surface area contributed by atoms with Crippen LogP contribution in [0.25, 0.3) is 0 Å². The van der Waals surface area contributed by atoms with Crippen LogP contribution in [0.2, 0.25) is 0 Å². The quantitative estimate of drug-likeness (QED) is 0.770. The zero-order chi connectivity index (χ0) is 12.7. The maximum absolute atomic E-state index is 12.0. The Morgan fingerprint density at radius 1 is 1.41 bits per heavy atom. The number of aliphatic hydroxyl groups is 1. The molecule has 17 heavy (non-hydrogen) atoms. The molecule has 0 saturated carbocycles. The molecule has 0 amide bonds. The molecule has 0 spiro atoms. The molecule has 2 atom stereocenters. The number of rotatable bonds is 7. The van der Waals surface area contributed by atoms with Crippen molar-refractivity contribution in [2.75, 3.05) is 19.4 Å². The molecule has 0 radical (unpaired) electrons. The zero-order valence-corrected chi connectivity index (χ0v) is 11.3. The largest absolute Gasteiger partial charge is 0.396 e. The molecule has 0 bridgehead atoms. The summed E-state index contributed by atoms with van der Waals surface area (Å²) in [4.78, 5) is 0. The second-order valence-electron chi connectivity index (χ2n) is 4.18. The van der Waals surface area contributed by atoms with Gasteiger partial charge in [0.15, 0.2) is 0 Å². The number of aliphatic hydroxyl groups excluding tert-OH is 1. The van der Waals surface area contributed by atoms with Crippen LogP contribution in [0, 0.1) is 6.92 Å². The zero-order valence-electron chi connectivity index (χ0n) is 10.5. The van der Waals surface area contributed by atoms with E-state index in [4.69, 9.17) is 5.11 Å². The highest BCUT2D eigenvalue weighted by Gasteiger charge is 2.11. The van der Waals surface area contributed by atoms with Crippen LogP contribution in [-0.2, 0) is 16.6 Å². The normalized spacial score (nSPS) is 14.5. The van der Waals surface area contributed by atoms with Crippen molar-refractivity contribution in [2.45, 2.75) is 25.1 Å². The van der Waals surface area contributed by atoms with E-state index in [-0.39, 0.29) is 12.6 Å². The Bertz CT molecular complexity index is 368. The molecule has 1 rings (SSSR count). The molecule has 0 aromatic heterocycles. The van der Waals surface area contributed by atoms with Gasteiger partial charge in [0, 0.05) is 35.0 Å². The molecule has 0 fully saturated rings. The van der Waals surface area contributed by atoms with Crippen LogP contribution in [0.15, 0.2) is 24.3 Å². The lowest BCUT2D eigenvalue weighted by Crippen LogP contribution is -2.32. The Labute approximate surface area is 106 Å². The smallest absolute Gasteiger partial charge is 0.0488 e. The predicted octanol–water partition coefficient (Wildman–Crippen LogP) is 1.21. The van der Waals surface area contributed by atoms with Gasteiger partial charge in [-0.15, -0.1) is 0 Å². The van der Waals surface area contributed by atoms with E-state index >= 15 is 0 Å². The lowest BCUT2D eigenvalue weighted by Gasteiger charge is -2.14. The highest BCUT2D eigenvalue weighted by Crippen LogP contribution is 2.10. The minimum absolute atomic E-state index is 0.129. The number of benzene rings is 1. The van der Waals surface area contributed by atoms with Crippen LogP contribution in [0.3, 0.4) is 0 Å². The first-order chi connectivity index (χ1) is 8.17. The Kier molecular flexibility index (Phi) is 6.40. The van der Waals surface area contributed by atoms with E-state index in [1.807, 2.05) is 38.2 Å². The van der Waals surface area contributed by atoms with Gasteiger partial charge in [-0.25, -0.2) is 0 Å². The Hall–Kier alpha value is -0.710. The van der Waals surface area contributed by atoms with Crippen molar-refractivity contribution in [3.8, 4) is 0 Å². The minimum atomic E-state index is -0.886. The average Bonchev–Trinajstić information content (AvgIpc) is 2.31. The molecule has 96 valence electrons. The molecule has 0 aliphatic rings. The molecule has 3 nitrogen and oxygen atoms in total. The Balaban J connectivity index is 2.52. The van der Waals surface area contributed by atoms with Crippen molar-refractivity contribution in [1.82, 2.24) is 5.32 Å². The third-order valence-corrected chi connectivity index (χ3v) is 4.26. The van der Waals surface area contributed by atoms with Crippen molar-refractivity contribution in [3.63, 3.8) is 0 Å². The van der Waals surface area contributed by atoms with E-state index in [0.717, 1.165) is 5.56 Å². The third-order valence-electron chi connectivity index (χ3n) is 2.85. The van der Waals surface area contributed by atoms with Gasteiger partial charge in [-0.05, 0) is 31.5 Å². The minimum Gasteiger partial charge on any atom is -0.396 e. The van der Waals surface area contributed by atoms with Gasteiger partial charge in [-0.2, -0.15) is 0 Å². The van der Waals surface area contributed by atoms with Gasteiger partial charge in [0.05, 0.1) is 0 Å². The second-order valence-corrected chi connectivity index (χ2v) is 5.68. The highest BCUT2D eigenvalue weighted by molar-refractivity contribution is 7.84. The van der Waals surface area contributed by atoms with Crippen molar-refractivity contribution in [1.29, 1.82) is 0 Å². The van der Waals surface area contributed by atoms with Crippen LogP contribution in [-0.4, -0.2) is 34.8 Å². The standard InChI is InChI=1S/C13H21NO2S/c1-11-5-3-4-6-12(11)9-17(16)10-13(14-2)7-8-15/h3-6,13-15H,7-10H2,1-2H3. The molecular formula is C13H21NO2S. The van der Waals surface area contributed by atoms with Crippen molar-refractivity contribution >= 4 is 10.8 Å². The van der Waals surface area contributed by atoms with E-state index in [9.17, 15) is 4.21 Å². The van der Waals surface area contributed by atoms with Crippen LogP contribution in [0.5, 0.6) is 0 Å². The summed E-state index contributed by atoms with van der Waals surface area (Å²) >= 11 is 0. The number of hydrogen-bond acceptors (Lipinski definition) is 3.